The smallest absolute Gasteiger partial charge is 0.312 e. The number of carbonyl (C=O) groups is 2. The Labute approximate surface area is 184 Å². The van der Waals surface area contributed by atoms with Gasteiger partial charge in [0.05, 0.1) is 10.8 Å². The average molecular weight is 429 g/mol. The Balaban J connectivity index is 1.43. The van der Waals surface area contributed by atoms with Crippen molar-refractivity contribution in [3.8, 4) is 22.3 Å². The number of hydrogen-bond donors (Lipinski definition) is 2. The molecule has 154 valence electrons. The maximum Gasteiger partial charge on any atom is 0.312 e. The van der Waals surface area contributed by atoms with E-state index in [4.69, 9.17) is 0 Å². The standard InChI is InChI=1S/C25H20N2O3S/c28-24(27-15-22(25(29)30)20-4-2-1-3-5-20)23-14-21(16-31-23)18-8-6-17(7-9-18)19-10-12-26-13-11-19/h1-14,16,22H,15H2,(H,27,28)(H,29,30)/t22-/m0/s1. The van der Waals surface area contributed by atoms with Crippen molar-refractivity contribution in [3.05, 3.63) is 101 Å². The number of pyridine rings is 1. The lowest BCUT2D eigenvalue weighted by Gasteiger charge is -2.13. The van der Waals surface area contributed by atoms with Crippen LogP contribution in [0.5, 0.6) is 0 Å². The number of nitrogens with one attached hydrogen (secondary N) is 1. The third-order valence-electron chi connectivity index (χ3n) is 5.02. The van der Waals surface area contributed by atoms with Gasteiger partial charge in [-0.25, -0.2) is 0 Å². The molecule has 0 unspecified atom stereocenters. The molecule has 0 radical (unpaired) electrons. The molecule has 4 aromatic rings. The van der Waals surface area contributed by atoms with Crippen LogP contribution in [0.1, 0.15) is 21.2 Å². The van der Waals surface area contributed by atoms with E-state index in [9.17, 15) is 14.7 Å². The molecule has 4 rings (SSSR count). The van der Waals surface area contributed by atoms with Crippen molar-refractivity contribution >= 4 is 23.2 Å². The molecule has 1 atom stereocenters. The van der Waals surface area contributed by atoms with Gasteiger partial charge in [0.1, 0.15) is 0 Å². The summed E-state index contributed by atoms with van der Waals surface area (Å²) >= 11 is 1.34. The predicted octanol–water partition coefficient (Wildman–Crippen LogP) is 5.08. The zero-order valence-electron chi connectivity index (χ0n) is 16.6. The van der Waals surface area contributed by atoms with Crippen LogP contribution in [0, 0.1) is 0 Å². The molecule has 0 saturated carbocycles. The van der Waals surface area contributed by atoms with Gasteiger partial charge in [0, 0.05) is 18.9 Å². The van der Waals surface area contributed by atoms with E-state index in [1.165, 1.54) is 11.3 Å². The van der Waals surface area contributed by atoms with Crippen LogP contribution in [0.2, 0.25) is 0 Å². The molecule has 0 aliphatic carbocycles. The molecule has 6 heteroatoms. The quantitative estimate of drug-likeness (QED) is 0.430. The first-order valence-corrected chi connectivity index (χ1v) is 10.6. The molecular weight excluding hydrogens is 408 g/mol. The first-order valence-electron chi connectivity index (χ1n) is 9.77. The third-order valence-corrected chi connectivity index (χ3v) is 5.95. The first-order chi connectivity index (χ1) is 15.1. The van der Waals surface area contributed by atoms with E-state index < -0.39 is 11.9 Å². The lowest BCUT2D eigenvalue weighted by molar-refractivity contribution is -0.138. The molecule has 0 bridgehead atoms. The molecule has 2 N–H and O–H groups in total. The van der Waals surface area contributed by atoms with Gasteiger partial charge in [-0.3, -0.25) is 14.6 Å². The van der Waals surface area contributed by atoms with E-state index in [1.54, 1.807) is 36.7 Å². The maximum atomic E-state index is 12.6. The van der Waals surface area contributed by atoms with Crippen LogP contribution in [0.25, 0.3) is 22.3 Å². The van der Waals surface area contributed by atoms with E-state index in [0.717, 1.165) is 22.3 Å². The highest BCUT2D eigenvalue weighted by atomic mass is 32.1. The summed E-state index contributed by atoms with van der Waals surface area (Å²) in [6.45, 7) is 0.0338. The van der Waals surface area contributed by atoms with Gasteiger partial charge in [0.2, 0.25) is 0 Å². The van der Waals surface area contributed by atoms with Crippen molar-refractivity contribution in [3.63, 3.8) is 0 Å². The second-order valence-electron chi connectivity index (χ2n) is 7.02. The van der Waals surface area contributed by atoms with Gasteiger partial charge in [0.15, 0.2) is 0 Å². The zero-order chi connectivity index (χ0) is 21.6. The van der Waals surface area contributed by atoms with Gasteiger partial charge >= 0.3 is 5.97 Å². The predicted molar refractivity (Wildman–Crippen MR) is 122 cm³/mol. The molecular formula is C25H20N2O3S. The summed E-state index contributed by atoms with van der Waals surface area (Å²) < 4.78 is 0. The maximum absolute atomic E-state index is 12.6. The van der Waals surface area contributed by atoms with E-state index in [-0.39, 0.29) is 12.5 Å². The molecule has 2 aromatic carbocycles. The minimum Gasteiger partial charge on any atom is -0.481 e. The van der Waals surface area contributed by atoms with E-state index in [0.29, 0.717) is 10.4 Å². The number of rotatable bonds is 7. The molecule has 0 spiro atoms. The van der Waals surface area contributed by atoms with Crippen molar-refractivity contribution in [2.45, 2.75) is 5.92 Å². The SMILES string of the molecule is O=C(NC[C@H](C(=O)O)c1ccccc1)c1cc(-c2ccc(-c3ccncc3)cc2)cs1. The Morgan fingerprint density at radius 3 is 2.13 bits per heavy atom. The second-order valence-corrected chi connectivity index (χ2v) is 7.94. The number of carboxylic acid groups (broad SMARTS) is 1. The monoisotopic (exact) mass is 428 g/mol. The van der Waals surface area contributed by atoms with Crippen LogP contribution in [0.15, 0.2) is 90.6 Å². The fraction of sp³-hybridized carbons (Fsp3) is 0.0800. The zero-order valence-corrected chi connectivity index (χ0v) is 17.4. The molecule has 0 saturated heterocycles. The fourth-order valence-corrected chi connectivity index (χ4v) is 4.15. The molecule has 5 nitrogen and oxygen atoms in total. The lowest BCUT2D eigenvalue weighted by atomic mass is 9.99. The number of nitrogens with zero attached hydrogens (tertiary/aromatic N) is 1. The van der Waals surface area contributed by atoms with Crippen molar-refractivity contribution in [1.82, 2.24) is 10.3 Å². The summed E-state index contributed by atoms with van der Waals surface area (Å²) in [5.41, 5.74) is 4.82. The molecule has 0 aliphatic heterocycles. The number of carboxylic acids is 1. The lowest BCUT2D eigenvalue weighted by Crippen LogP contribution is -2.31. The van der Waals surface area contributed by atoms with E-state index >= 15 is 0 Å². The van der Waals surface area contributed by atoms with Crippen molar-refractivity contribution < 1.29 is 14.7 Å². The number of aromatic nitrogens is 1. The van der Waals surface area contributed by atoms with Crippen LogP contribution in [-0.2, 0) is 4.79 Å². The molecule has 0 aliphatic rings. The van der Waals surface area contributed by atoms with Gasteiger partial charge in [-0.1, -0.05) is 54.6 Å². The first kappa shape index (κ1) is 20.5. The highest BCUT2D eigenvalue weighted by Gasteiger charge is 2.21. The van der Waals surface area contributed by atoms with Crippen LogP contribution < -0.4 is 5.32 Å². The number of carbonyl (C=O) groups excluding carboxylic acids is 1. The highest BCUT2D eigenvalue weighted by Crippen LogP contribution is 2.28. The molecule has 2 heterocycles. The topological polar surface area (TPSA) is 79.3 Å². The normalized spacial score (nSPS) is 11.6. The van der Waals surface area contributed by atoms with Gasteiger partial charge in [-0.15, -0.1) is 11.3 Å². The van der Waals surface area contributed by atoms with Crippen molar-refractivity contribution in [2.75, 3.05) is 6.54 Å². The number of amides is 1. The largest absolute Gasteiger partial charge is 0.481 e. The highest BCUT2D eigenvalue weighted by molar-refractivity contribution is 7.12. The van der Waals surface area contributed by atoms with Crippen LogP contribution in [-0.4, -0.2) is 28.5 Å². The Bertz CT molecular complexity index is 1170. The summed E-state index contributed by atoms with van der Waals surface area (Å²) in [4.78, 5) is 28.8. The molecule has 31 heavy (non-hydrogen) atoms. The second kappa shape index (κ2) is 9.36. The Hall–Kier alpha value is -3.77. The van der Waals surface area contributed by atoms with E-state index in [1.807, 2.05) is 53.9 Å². The Morgan fingerprint density at radius 2 is 1.48 bits per heavy atom. The van der Waals surface area contributed by atoms with Crippen molar-refractivity contribution in [2.24, 2.45) is 0 Å². The number of thiophene rings is 1. The van der Waals surface area contributed by atoms with Crippen LogP contribution in [0.4, 0.5) is 0 Å². The van der Waals surface area contributed by atoms with Gasteiger partial charge in [-0.2, -0.15) is 0 Å². The Morgan fingerprint density at radius 1 is 0.871 bits per heavy atom. The van der Waals surface area contributed by atoms with Gasteiger partial charge in [0.25, 0.3) is 5.91 Å². The van der Waals surface area contributed by atoms with Crippen LogP contribution >= 0.6 is 11.3 Å². The summed E-state index contributed by atoms with van der Waals surface area (Å²) in [5, 5.41) is 14.2. The minimum atomic E-state index is -0.965. The Kier molecular flexibility index (Phi) is 6.19. The van der Waals surface area contributed by atoms with E-state index in [2.05, 4.69) is 10.3 Å². The summed E-state index contributed by atoms with van der Waals surface area (Å²) in [5.74, 6) is -2.02. The van der Waals surface area contributed by atoms with Crippen LogP contribution in [0.3, 0.4) is 0 Å². The number of aliphatic carboxylic acids is 1. The summed E-state index contributed by atoms with van der Waals surface area (Å²) in [6.07, 6.45) is 3.53. The molecule has 0 fully saturated rings. The molecule has 2 aromatic heterocycles. The third kappa shape index (κ3) is 4.87. The summed E-state index contributed by atoms with van der Waals surface area (Å²) in [7, 11) is 0. The number of hydrogen-bond acceptors (Lipinski definition) is 4. The van der Waals surface area contributed by atoms with Crippen molar-refractivity contribution in [1.29, 1.82) is 0 Å². The fourth-order valence-electron chi connectivity index (χ4n) is 3.32. The van der Waals surface area contributed by atoms with Gasteiger partial charge < -0.3 is 10.4 Å². The molecule has 1 amide bonds. The number of benzene rings is 2. The average Bonchev–Trinajstić information content (AvgIpc) is 3.31. The summed E-state index contributed by atoms with van der Waals surface area (Å²) in [6, 6.07) is 22.8. The minimum absolute atomic E-state index is 0.0338. The van der Waals surface area contributed by atoms with Gasteiger partial charge in [-0.05, 0) is 51.4 Å².